The highest BCUT2D eigenvalue weighted by molar-refractivity contribution is 7.88. The van der Waals surface area contributed by atoms with Crippen LogP contribution in [0.2, 0.25) is 0 Å². The number of guanidine groups is 1. The summed E-state index contributed by atoms with van der Waals surface area (Å²) in [5.74, 6) is 0.721. The van der Waals surface area contributed by atoms with Crippen molar-refractivity contribution < 1.29 is 8.42 Å². The Bertz CT molecular complexity index is 711. The highest BCUT2D eigenvalue weighted by atomic mass is 32.2. The molecule has 9 heteroatoms. The van der Waals surface area contributed by atoms with Crippen LogP contribution in [0.25, 0.3) is 0 Å². The molecule has 150 valence electrons. The van der Waals surface area contributed by atoms with E-state index < -0.39 is 10.0 Å². The van der Waals surface area contributed by atoms with E-state index in [-0.39, 0.29) is 6.04 Å². The van der Waals surface area contributed by atoms with E-state index in [1.807, 2.05) is 25.6 Å². The molecule has 0 bridgehead atoms. The number of hydrogen-bond acceptors (Lipinski definition) is 4. The van der Waals surface area contributed by atoms with Crippen LogP contribution in [0.4, 0.5) is 0 Å². The van der Waals surface area contributed by atoms with Gasteiger partial charge in [-0.1, -0.05) is 6.92 Å². The molecule has 1 rings (SSSR count). The summed E-state index contributed by atoms with van der Waals surface area (Å²) >= 11 is 0. The standard InChI is InChI=1S/C17H34N6O2S/c1-8-23(26(7,24)25)11-9-10-19-17(18-5)20-13(2)12-16-14(3)21-22(6)15(16)4/h13H,8-12H2,1-7H3,(H2,18,19,20). The maximum atomic E-state index is 11.6. The summed E-state index contributed by atoms with van der Waals surface area (Å²) in [5.41, 5.74) is 3.50. The van der Waals surface area contributed by atoms with Gasteiger partial charge in [0.05, 0.1) is 11.9 Å². The Labute approximate surface area is 158 Å². The van der Waals surface area contributed by atoms with Crippen molar-refractivity contribution in [3.05, 3.63) is 17.0 Å². The van der Waals surface area contributed by atoms with Gasteiger partial charge in [0.25, 0.3) is 0 Å². The van der Waals surface area contributed by atoms with Crippen LogP contribution < -0.4 is 10.6 Å². The van der Waals surface area contributed by atoms with Gasteiger partial charge in [0.2, 0.25) is 10.0 Å². The topological polar surface area (TPSA) is 91.6 Å². The average Bonchev–Trinajstić information content (AvgIpc) is 2.78. The largest absolute Gasteiger partial charge is 0.356 e. The van der Waals surface area contributed by atoms with Crippen molar-refractivity contribution in [3.63, 3.8) is 0 Å². The number of rotatable bonds is 9. The van der Waals surface area contributed by atoms with Gasteiger partial charge in [0.15, 0.2) is 5.96 Å². The molecule has 0 spiro atoms. The molecule has 1 aromatic heterocycles. The van der Waals surface area contributed by atoms with Gasteiger partial charge in [-0.15, -0.1) is 0 Å². The molecule has 0 aliphatic rings. The fraction of sp³-hybridized carbons (Fsp3) is 0.765. The third kappa shape index (κ3) is 6.60. The Morgan fingerprint density at radius 2 is 2.04 bits per heavy atom. The van der Waals surface area contributed by atoms with E-state index in [9.17, 15) is 8.42 Å². The Balaban J connectivity index is 2.47. The zero-order chi connectivity index (χ0) is 19.9. The molecule has 0 aromatic carbocycles. The molecular weight excluding hydrogens is 352 g/mol. The normalized spacial score (nSPS) is 13.9. The molecule has 0 fully saturated rings. The summed E-state index contributed by atoms with van der Waals surface area (Å²) in [6.07, 6.45) is 2.83. The van der Waals surface area contributed by atoms with E-state index in [0.29, 0.717) is 19.6 Å². The SMILES string of the molecule is CCN(CCCNC(=NC)NC(C)Cc1c(C)nn(C)c1C)S(C)(=O)=O. The second kappa shape index (κ2) is 9.91. The number of aromatic nitrogens is 2. The lowest BCUT2D eigenvalue weighted by molar-refractivity contribution is 0.424. The lowest BCUT2D eigenvalue weighted by Crippen LogP contribution is -2.44. The first-order valence-electron chi connectivity index (χ1n) is 9.01. The summed E-state index contributed by atoms with van der Waals surface area (Å²) < 4.78 is 26.6. The van der Waals surface area contributed by atoms with Crippen LogP contribution in [0.3, 0.4) is 0 Å². The highest BCUT2D eigenvalue weighted by Gasteiger charge is 2.15. The van der Waals surface area contributed by atoms with Gasteiger partial charge in [-0.25, -0.2) is 12.7 Å². The van der Waals surface area contributed by atoms with Crippen molar-refractivity contribution in [3.8, 4) is 0 Å². The highest BCUT2D eigenvalue weighted by Crippen LogP contribution is 2.14. The molecule has 0 aliphatic heterocycles. The minimum absolute atomic E-state index is 0.200. The van der Waals surface area contributed by atoms with Crippen LogP contribution in [0, 0.1) is 13.8 Å². The van der Waals surface area contributed by atoms with Crippen molar-refractivity contribution in [1.29, 1.82) is 0 Å². The Kier molecular flexibility index (Phi) is 8.55. The van der Waals surface area contributed by atoms with Crippen molar-refractivity contribution >= 4 is 16.0 Å². The first-order chi connectivity index (χ1) is 12.1. The van der Waals surface area contributed by atoms with E-state index >= 15 is 0 Å². The molecule has 0 amide bonds. The zero-order valence-electron chi connectivity index (χ0n) is 17.1. The van der Waals surface area contributed by atoms with Crippen molar-refractivity contribution in [2.24, 2.45) is 12.0 Å². The molecule has 0 saturated heterocycles. The molecule has 1 heterocycles. The third-order valence-electron chi connectivity index (χ3n) is 4.47. The first kappa shape index (κ1) is 22.4. The van der Waals surface area contributed by atoms with Gasteiger partial charge in [0, 0.05) is 45.5 Å². The molecule has 8 nitrogen and oxygen atoms in total. The van der Waals surface area contributed by atoms with E-state index in [1.165, 1.54) is 21.8 Å². The Morgan fingerprint density at radius 3 is 2.50 bits per heavy atom. The number of nitrogens with one attached hydrogen (secondary N) is 2. The molecule has 1 atom stereocenters. The monoisotopic (exact) mass is 386 g/mol. The third-order valence-corrected chi connectivity index (χ3v) is 5.85. The molecule has 2 N–H and O–H groups in total. The van der Waals surface area contributed by atoms with Crippen molar-refractivity contribution in [2.45, 2.75) is 46.6 Å². The van der Waals surface area contributed by atoms with E-state index in [0.717, 1.165) is 24.5 Å². The van der Waals surface area contributed by atoms with Crippen LogP contribution in [0.15, 0.2) is 4.99 Å². The van der Waals surface area contributed by atoms with Gasteiger partial charge in [-0.05, 0) is 39.2 Å². The predicted octanol–water partition coefficient (Wildman–Crippen LogP) is 0.805. The van der Waals surface area contributed by atoms with Crippen LogP contribution in [0.1, 0.15) is 37.2 Å². The van der Waals surface area contributed by atoms with E-state index in [2.05, 4.69) is 34.6 Å². The quantitative estimate of drug-likeness (QED) is 0.372. The van der Waals surface area contributed by atoms with Crippen LogP contribution in [-0.4, -0.2) is 67.4 Å². The summed E-state index contributed by atoms with van der Waals surface area (Å²) in [5, 5.41) is 11.1. The number of nitrogens with zero attached hydrogens (tertiary/aromatic N) is 4. The van der Waals surface area contributed by atoms with Crippen LogP contribution in [0.5, 0.6) is 0 Å². The van der Waals surface area contributed by atoms with E-state index in [4.69, 9.17) is 0 Å². The second-order valence-electron chi connectivity index (χ2n) is 6.63. The van der Waals surface area contributed by atoms with Crippen molar-refractivity contribution in [2.75, 3.05) is 32.9 Å². The average molecular weight is 387 g/mol. The number of aliphatic imine (C=N–C) groups is 1. The maximum absolute atomic E-state index is 11.6. The molecule has 0 saturated carbocycles. The first-order valence-corrected chi connectivity index (χ1v) is 10.9. The minimum atomic E-state index is -3.13. The smallest absolute Gasteiger partial charge is 0.211 e. The number of sulfonamides is 1. The van der Waals surface area contributed by atoms with Crippen LogP contribution >= 0.6 is 0 Å². The number of hydrogen-bond donors (Lipinski definition) is 2. The summed E-state index contributed by atoms with van der Waals surface area (Å²) in [6.45, 7) is 9.72. The minimum Gasteiger partial charge on any atom is -0.356 e. The fourth-order valence-corrected chi connectivity index (χ4v) is 3.85. The van der Waals surface area contributed by atoms with Gasteiger partial charge in [-0.2, -0.15) is 5.10 Å². The molecular formula is C17H34N6O2S. The second-order valence-corrected chi connectivity index (χ2v) is 8.61. The lowest BCUT2D eigenvalue weighted by atomic mass is 10.1. The van der Waals surface area contributed by atoms with Gasteiger partial charge < -0.3 is 10.6 Å². The molecule has 26 heavy (non-hydrogen) atoms. The van der Waals surface area contributed by atoms with E-state index in [1.54, 1.807) is 7.05 Å². The molecule has 0 aliphatic carbocycles. The Hall–Kier alpha value is -1.61. The molecule has 1 unspecified atom stereocenters. The maximum Gasteiger partial charge on any atom is 0.211 e. The summed E-state index contributed by atoms with van der Waals surface area (Å²) in [6, 6.07) is 0.200. The van der Waals surface area contributed by atoms with Gasteiger partial charge >= 0.3 is 0 Å². The van der Waals surface area contributed by atoms with Crippen LogP contribution in [-0.2, 0) is 23.5 Å². The molecule has 1 aromatic rings. The zero-order valence-corrected chi connectivity index (χ0v) is 17.9. The summed E-state index contributed by atoms with van der Waals surface area (Å²) in [7, 11) is 0.563. The van der Waals surface area contributed by atoms with Gasteiger partial charge in [-0.3, -0.25) is 9.67 Å². The lowest BCUT2D eigenvalue weighted by Gasteiger charge is -2.20. The van der Waals surface area contributed by atoms with Gasteiger partial charge in [0.1, 0.15) is 0 Å². The predicted molar refractivity (Wildman–Crippen MR) is 107 cm³/mol. The fourth-order valence-electron chi connectivity index (χ4n) is 2.92. The number of aryl methyl sites for hydroxylation is 2. The Morgan fingerprint density at radius 1 is 1.38 bits per heavy atom. The summed E-state index contributed by atoms with van der Waals surface area (Å²) in [4.78, 5) is 4.25. The molecule has 0 radical (unpaired) electrons. The van der Waals surface area contributed by atoms with Crippen molar-refractivity contribution in [1.82, 2.24) is 24.7 Å².